The summed E-state index contributed by atoms with van der Waals surface area (Å²) in [6.07, 6.45) is 0.936. The molecule has 0 aliphatic heterocycles. The van der Waals surface area contributed by atoms with E-state index in [1.54, 1.807) is 0 Å². The average molecular weight is 406 g/mol. The fourth-order valence-electron chi connectivity index (χ4n) is 2.77. The topological polar surface area (TPSA) is 58.2 Å². The van der Waals surface area contributed by atoms with Gasteiger partial charge < -0.3 is 10.6 Å². The first-order valence-corrected chi connectivity index (χ1v) is 9.34. The van der Waals surface area contributed by atoms with Gasteiger partial charge in [0.15, 0.2) is 0 Å². The summed E-state index contributed by atoms with van der Waals surface area (Å²) in [6, 6.07) is 21.6. The van der Waals surface area contributed by atoms with Crippen molar-refractivity contribution in [3.8, 4) is 0 Å². The molecule has 0 saturated heterocycles. The smallest absolute Gasteiger partial charge is 0.257 e. The number of benzene rings is 3. The Morgan fingerprint density at radius 3 is 1.53 bits per heavy atom. The Morgan fingerprint density at radius 1 is 0.667 bits per heavy atom. The SMILES string of the molecule is O=C(NCc1ccccc1)C(=Cc1c(F)cccc1F)C(=O)NCc1ccccc1. The summed E-state index contributed by atoms with van der Waals surface area (Å²) in [6.45, 7) is 0.339. The monoisotopic (exact) mass is 406 g/mol. The number of hydrogen-bond acceptors (Lipinski definition) is 2. The van der Waals surface area contributed by atoms with Crippen LogP contribution < -0.4 is 10.6 Å². The lowest BCUT2D eigenvalue weighted by molar-refractivity contribution is -0.123. The van der Waals surface area contributed by atoms with E-state index in [-0.39, 0.29) is 18.7 Å². The van der Waals surface area contributed by atoms with Crippen LogP contribution in [0.25, 0.3) is 6.08 Å². The van der Waals surface area contributed by atoms with Crippen molar-refractivity contribution in [1.82, 2.24) is 10.6 Å². The van der Waals surface area contributed by atoms with E-state index in [0.29, 0.717) is 0 Å². The number of hydrogen-bond donors (Lipinski definition) is 2. The predicted molar refractivity (Wildman–Crippen MR) is 111 cm³/mol. The molecule has 0 unspecified atom stereocenters. The van der Waals surface area contributed by atoms with Gasteiger partial charge in [0.05, 0.1) is 0 Å². The molecule has 3 rings (SSSR count). The van der Waals surface area contributed by atoms with Crippen molar-refractivity contribution in [3.05, 3.63) is 113 Å². The van der Waals surface area contributed by atoms with Crippen LogP contribution in [0.2, 0.25) is 0 Å². The van der Waals surface area contributed by atoms with E-state index in [0.717, 1.165) is 29.3 Å². The molecule has 0 bridgehead atoms. The summed E-state index contributed by atoms with van der Waals surface area (Å²) in [4.78, 5) is 25.4. The van der Waals surface area contributed by atoms with Crippen molar-refractivity contribution in [3.63, 3.8) is 0 Å². The molecule has 0 fully saturated rings. The highest BCUT2D eigenvalue weighted by Gasteiger charge is 2.20. The summed E-state index contributed by atoms with van der Waals surface area (Å²) in [5, 5.41) is 5.25. The largest absolute Gasteiger partial charge is 0.348 e. The van der Waals surface area contributed by atoms with Crippen LogP contribution in [-0.2, 0) is 22.7 Å². The zero-order chi connectivity index (χ0) is 21.3. The molecule has 0 spiro atoms. The first kappa shape index (κ1) is 20.9. The fourth-order valence-corrected chi connectivity index (χ4v) is 2.77. The molecule has 152 valence electrons. The van der Waals surface area contributed by atoms with Crippen LogP contribution in [0.15, 0.2) is 84.4 Å². The summed E-state index contributed by atoms with van der Waals surface area (Å²) in [7, 11) is 0. The first-order chi connectivity index (χ1) is 14.5. The second-order valence-corrected chi connectivity index (χ2v) is 6.53. The molecule has 0 radical (unpaired) electrons. The van der Waals surface area contributed by atoms with Crippen LogP contribution in [0.1, 0.15) is 16.7 Å². The van der Waals surface area contributed by atoms with E-state index in [1.807, 2.05) is 60.7 Å². The zero-order valence-corrected chi connectivity index (χ0v) is 16.1. The average Bonchev–Trinajstić information content (AvgIpc) is 2.77. The Bertz CT molecular complexity index is 974. The van der Waals surface area contributed by atoms with Gasteiger partial charge in [-0.25, -0.2) is 8.78 Å². The van der Waals surface area contributed by atoms with E-state index in [4.69, 9.17) is 0 Å². The maximum Gasteiger partial charge on any atom is 0.257 e. The van der Waals surface area contributed by atoms with Crippen LogP contribution in [0, 0.1) is 11.6 Å². The summed E-state index contributed by atoms with van der Waals surface area (Å²) in [5.74, 6) is -3.18. The molecule has 0 heterocycles. The Labute approximate surface area is 173 Å². The Kier molecular flexibility index (Phi) is 7.05. The minimum absolute atomic E-state index is 0.169. The number of nitrogens with one attached hydrogen (secondary N) is 2. The molecular weight excluding hydrogens is 386 g/mol. The number of carbonyl (C=O) groups excluding carboxylic acids is 2. The van der Waals surface area contributed by atoms with Gasteiger partial charge in [-0.1, -0.05) is 66.7 Å². The molecule has 0 atom stereocenters. The van der Waals surface area contributed by atoms with Gasteiger partial charge in [-0.15, -0.1) is 0 Å². The molecule has 30 heavy (non-hydrogen) atoms. The molecular formula is C24H20F2N2O2. The number of carbonyl (C=O) groups is 2. The van der Waals surface area contributed by atoms with Gasteiger partial charge in [0.2, 0.25) is 0 Å². The second kappa shape index (κ2) is 10.1. The fraction of sp³-hybridized carbons (Fsp3) is 0.0833. The molecule has 2 amide bonds. The van der Waals surface area contributed by atoms with Gasteiger partial charge in [0.1, 0.15) is 17.2 Å². The van der Waals surface area contributed by atoms with Crippen molar-refractivity contribution in [2.24, 2.45) is 0 Å². The lowest BCUT2D eigenvalue weighted by Crippen LogP contribution is -2.34. The predicted octanol–water partition coefficient (Wildman–Crippen LogP) is 3.98. The molecule has 0 aliphatic rings. The van der Waals surface area contributed by atoms with Gasteiger partial charge in [-0.2, -0.15) is 0 Å². The Hall–Kier alpha value is -3.80. The highest BCUT2D eigenvalue weighted by molar-refractivity contribution is 6.21. The molecule has 0 saturated carbocycles. The second-order valence-electron chi connectivity index (χ2n) is 6.53. The minimum Gasteiger partial charge on any atom is -0.348 e. The standard InChI is InChI=1S/C24H20F2N2O2/c25-21-12-7-13-22(26)19(21)14-20(23(29)27-15-17-8-3-1-4-9-17)24(30)28-16-18-10-5-2-6-11-18/h1-14H,15-16H2,(H,27,29)(H,28,30). The summed E-state index contributed by atoms with van der Waals surface area (Å²) >= 11 is 0. The number of amides is 2. The van der Waals surface area contributed by atoms with Crippen LogP contribution in [0.4, 0.5) is 8.78 Å². The maximum atomic E-state index is 14.1. The van der Waals surface area contributed by atoms with E-state index >= 15 is 0 Å². The third-order valence-electron chi connectivity index (χ3n) is 4.37. The normalized spacial score (nSPS) is 10.2. The first-order valence-electron chi connectivity index (χ1n) is 9.34. The van der Waals surface area contributed by atoms with Gasteiger partial charge in [-0.3, -0.25) is 9.59 Å². The van der Waals surface area contributed by atoms with Crippen LogP contribution in [-0.4, -0.2) is 11.8 Å². The third kappa shape index (κ3) is 5.61. The van der Waals surface area contributed by atoms with Crippen LogP contribution >= 0.6 is 0 Å². The van der Waals surface area contributed by atoms with Crippen molar-refractivity contribution in [2.45, 2.75) is 13.1 Å². The van der Waals surface area contributed by atoms with Gasteiger partial charge in [0, 0.05) is 18.7 Å². The van der Waals surface area contributed by atoms with E-state index in [9.17, 15) is 18.4 Å². The number of halogens is 2. The van der Waals surface area contributed by atoms with Crippen molar-refractivity contribution in [2.75, 3.05) is 0 Å². The maximum absolute atomic E-state index is 14.1. The highest BCUT2D eigenvalue weighted by atomic mass is 19.1. The minimum atomic E-state index is -0.862. The molecule has 0 aliphatic carbocycles. The van der Waals surface area contributed by atoms with E-state index in [2.05, 4.69) is 10.6 Å². The molecule has 3 aromatic rings. The number of rotatable bonds is 7. The molecule has 0 aromatic heterocycles. The van der Waals surface area contributed by atoms with Crippen molar-refractivity contribution in [1.29, 1.82) is 0 Å². The van der Waals surface area contributed by atoms with E-state index in [1.165, 1.54) is 6.07 Å². The molecule has 4 nitrogen and oxygen atoms in total. The third-order valence-corrected chi connectivity index (χ3v) is 4.37. The highest BCUT2D eigenvalue weighted by Crippen LogP contribution is 2.17. The molecule has 6 heteroatoms. The lowest BCUT2D eigenvalue weighted by atomic mass is 10.1. The van der Waals surface area contributed by atoms with Crippen LogP contribution in [0.5, 0.6) is 0 Å². The lowest BCUT2D eigenvalue weighted by Gasteiger charge is -2.11. The summed E-state index contributed by atoms with van der Waals surface area (Å²) in [5.41, 5.74) is 0.821. The zero-order valence-electron chi connectivity index (χ0n) is 16.1. The molecule has 2 N–H and O–H groups in total. The Balaban J connectivity index is 1.82. The van der Waals surface area contributed by atoms with Crippen molar-refractivity contribution < 1.29 is 18.4 Å². The Morgan fingerprint density at radius 2 is 1.10 bits per heavy atom. The quantitative estimate of drug-likeness (QED) is 0.354. The van der Waals surface area contributed by atoms with Crippen LogP contribution in [0.3, 0.4) is 0 Å². The summed E-state index contributed by atoms with van der Waals surface area (Å²) < 4.78 is 28.2. The van der Waals surface area contributed by atoms with Gasteiger partial charge >= 0.3 is 0 Å². The van der Waals surface area contributed by atoms with Gasteiger partial charge in [-0.05, 0) is 29.3 Å². The molecule has 3 aromatic carbocycles. The van der Waals surface area contributed by atoms with E-state index < -0.39 is 29.0 Å². The van der Waals surface area contributed by atoms with Crippen molar-refractivity contribution >= 4 is 17.9 Å². The van der Waals surface area contributed by atoms with Gasteiger partial charge in [0.25, 0.3) is 11.8 Å².